The number of nitrogens with zero attached hydrogens (tertiary/aromatic N) is 2. The van der Waals surface area contributed by atoms with Crippen LogP contribution in [0.1, 0.15) is 34.7 Å². The van der Waals surface area contributed by atoms with Gasteiger partial charge < -0.3 is 15.2 Å². The smallest absolute Gasteiger partial charge is 0.254 e. The predicted octanol–water partition coefficient (Wildman–Crippen LogP) is 3.36. The van der Waals surface area contributed by atoms with Gasteiger partial charge in [-0.3, -0.25) is 4.79 Å². The van der Waals surface area contributed by atoms with Crippen LogP contribution in [0.5, 0.6) is 0 Å². The van der Waals surface area contributed by atoms with E-state index in [1.807, 2.05) is 4.90 Å². The Morgan fingerprint density at radius 2 is 2.05 bits per heavy atom. The largest absolute Gasteiger partial charge is 0.398 e. The molecule has 3 rings (SSSR count). The number of aromatic nitrogens is 1. The Morgan fingerprint density at radius 3 is 2.76 bits per heavy atom. The number of carbonyl (C=O) groups excluding carboxylic acids is 1. The molecule has 2 heterocycles. The molecule has 1 atom stereocenters. The first-order chi connectivity index (χ1) is 9.99. The average Bonchev–Trinajstić information content (AvgIpc) is 2.84. The van der Waals surface area contributed by atoms with E-state index in [2.05, 4.69) is 46.5 Å². The lowest BCUT2D eigenvalue weighted by atomic mass is 10.1. The fourth-order valence-corrected chi connectivity index (χ4v) is 3.30. The first kappa shape index (κ1) is 14.2. The lowest BCUT2D eigenvalue weighted by Gasteiger charge is -2.35. The predicted molar refractivity (Wildman–Crippen MR) is 87.2 cm³/mol. The number of fused-ring (bicyclic) bond motifs is 1. The van der Waals surface area contributed by atoms with Crippen LogP contribution in [0.4, 0.5) is 5.69 Å². The van der Waals surface area contributed by atoms with E-state index >= 15 is 0 Å². The fraction of sp³-hybridized carbons (Fsp3) is 0.312. The molecule has 2 N–H and O–H groups in total. The minimum Gasteiger partial charge on any atom is -0.398 e. The van der Waals surface area contributed by atoms with Gasteiger partial charge in [0, 0.05) is 40.2 Å². The molecule has 0 bridgehead atoms. The van der Waals surface area contributed by atoms with E-state index in [0.29, 0.717) is 11.3 Å². The van der Waals surface area contributed by atoms with E-state index in [9.17, 15) is 4.79 Å². The number of anilines is 1. The average molecular weight is 348 g/mol. The van der Waals surface area contributed by atoms with E-state index < -0.39 is 0 Å². The molecular weight excluding hydrogens is 330 g/mol. The lowest BCUT2D eigenvalue weighted by Crippen LogP contribution is -2.41. The maximum atomic E-state index is 12.7. The highest BCUT2D eigenvalue weighted by molar-refractivity contribution is 9.10. The Labute approximate surface area is 132 Å². The minimum absolute atomic E-state index is 0.0494. The Kier molecular flexibility index (Phi) is 3.53. The van der Waals surface area contributed by atoms with Crippen molar-refractivity contribution in [3.63, 3.8) is 0 Å². The van der Waals surface area contributed by atoms with Gasteiger partial charge in [-0.15, -0.1) is 0 Å². The number of carbonyl (C=O) groups is 1. The highest BCUT2D eigenvalue weighted by Gasteiger charge is 2.29. The van der Waals surface area contributed by atoms with Crippen molar-refractivity contribution in [2.45, 2.75) is 26.4 Å². The molecule has 1 aliphatic heterocycles. The van der Waals surface area contributed by atoms with E-state index in [-0.39, 0.29) is 11.9 Å². The van der Waals surface area contributed by atoms with E-state index in [0.717, 1.165) is 17.6 Å². The number of hydrogen-bond acceptors (Lipinski definition) is 2. The molecule has 2 aromatic rings. The van der Waals surface area contributed by atoms with Crippen molar-refractivity contribution in [3.8, 4) is 0 Å². The normalized spacial score (nSPS) is 17.7. The van der Waals surface area contributed by atoms with Crippen molar-refractivity contribution >= 4 is 27.5 Å². The number of hydrogen-bond donors (Lipinski definition) is 1. The number of nitrogen functional groups attached to an aromatic ring is 1. The van der Waals surface area contributed by atoms with Gasteiger partial charge in [-0.25, -0.2) is 0 Å². The van der Waals surface area contributed by atoms with Crippen LogP contribution in [0.3, 0.4) is 0 Å². The highest BCUT2D eigenvalue weighted by Crippen LogP contribution is 2.29. The van der Waals surface area contributed by atoms with Crippen LogP contribution < -0.4 is 5.73 Å². The van der Waals surface area contributed by atoms with E-state index in [1.54, 1.807) is 18.2 Å². The monoisotopic (exact) mass is 347 g/mol. The molecule has 0 saturated heterocycles. The molecule has 0 radical (unpaired) electrons. The van der Waals surface area contributed by atoms with Gasteiger partial charge in [0.15, 0.2) is 0 Å². The molecular formula is C16H18BrN3O. The molecule has 5 heteroatoms. The van der Waals surface area contributed by atoms with Crippen LogP contribution in [0.15, 0.2) is 34.8 Å². The summed E-state index contributed by atoms with van der Waals surface area (Å²) in [6, 6.07) is 9.64. The summed E-state index contributed by atoms with van der Waals surface area (Å²) < 4.78 is 3.05. The standard InChI is InChI=1S/C16H18BrN3O/c1-10-3-6-15-11(2)20(8-7-19(10)15)16(21)12-4-5-14(18)13(17)9-12/h3-6,9,11H,7-8,18H2,1-2H3. The van der Waals surface area contributed by atoms with E-state index in [1.165, 1.54) is 11.4 Å². The molecule has 0 aliphatic carbocycles. The van der Waals surface area contributed by atoms with Crippen molar-refractivity contribution in [2.75, 3.05) is 12.3 Å². The van der Waals surface area contributed by atoms with Crippen LogP contribution in [-0.2, 0) is 6.54 Å². The zero-order valence-electron chi connectivity index (χ0n) is 12.1. The van der Waals surface area contributed by atoms with Crippen LogP contribution >= 0.6 is 15.9 Å². The molecule has 0 spiro atoms. The Bertz CT molecular complexity index is 708. The van der Waals surface area contributed by atoms with Crippen molar-refractivity contribution < 1.29 is 4.79 Å². The molecule has 0 fully saturated rings. The number of rotatable bonds is 1. The van der Waals surface area contributed by atoms with Crippen molar-refractivity contribution in [1.29, 1.82) is 0 Å². The van der Waals surface area contributed by atoms with Gasteiger partial charge in [0.05, 0.1) is 6.04 Å². The molecule has 4 nitrogen and oxygen atoms in total. The topological polar surface area (TPSA) is 51.3 Å². The summed E-state index contributed by atoms with van der Waals surface area (Å²) in [5.41, 5.74) is 9.54. The fourth-order valence-electron chi connectivity index (χ4n) is 2.92. The summed E-state index contributed by atoms with van der Waals surface area (Å²) in [6.45, 7) is 5.75. The maximum absolute atomic E-state index is 12.7. The van der Waals surface area contributed by atoms with Gasteiger partial charge in [-0.05, 0) is 60.1 Å². The van der Waals surface area contributed by atoms with Crippen LogP contribution in [0.2, 0.25) is 0 Å². The van der Waals surface area contributed by atoms with Crippen LogP contribution in [-0.4, -0.2) is 21.9 Å². The van der Waals surface area contributed by atoms with Crippen molar-refractivity contribution in [3.05, 3.63) is 51.8 Å². The molecule has 1 aromatic carbocycles. The third-order valence-electron chi connectivity index (χ3n) is 4.20. The van der Waals surface area contributed by atoms with Gasteiger partial charge in [-0.1, -0.05) is 0 Å². The highest BCUT2D eigenvalue weighted by atomic mass is 79.9. The second-order valence-electron chi connectivity index (χ2n) is 5.46. The number of benzene rings is 1. The third-order valence-corrected chi connectivity index (χ3v) is 4.89. The summed E-state index contributed by atoms with van der Waals surface area (Å²) in [7, 11) is 0. The van der Waals surface area contributed by atoms with E-state index in [4.69, 9.17) is 5.73 Å². The zero-order valence-corrected chi connectivity index (χ0v) is 13.7. The van der Waals surface area contributed by atoms with Crippen LogP contribution in [0.25, 0.3) is 0 Å². The number of amides is 1. The summed E-state index contributed by atoms with van der Waals surface area (Å²) in [5.74, 6) is 0.0494. The second kappa shape index (κ2) is 5.22. The Hall–Kier alpha value is -1.75. The molecule has 1 unspecified atom stereocenters. The van der Waals surface area contributed by atoms with Gasteiger partial charge in [0.25, 0.3) is 5.91 Å². The number of aryl methyl sites for hydroxylation is 1. The quantitative estimate of drug-likeness (QED) is 0.804. The van der Waals surface area contributed by atoms with Crippen LogP contribution in [0, 0.1) is 6.92 Å². The molecule has 1 amide bonds. The minimum atomic E-state index is 0.0494. The van der Waals surface area contributed by atoms with Gasteiger partial charge in [-0.2, -0.15) is 0 Å². The Morgan fingerprint density at radius 1 is 1.29 bits per heavy atom. The zero-order chi connectivity index (χ0) is 15.1. The number of halogens is 1. The summed E-state index contributed by atoms with van der Waals surface area (Å²) in [6.07, 6.45) is 0. The van der Waals surface area contributed by atoms with Gasteiger partial charge >= 0.3 is 0 Å². The second-order valence-corrected chi connectivity index (χ2v) is 6.32. The summed E-state index contributed by atoms with van der Waals surface area (Å²) >= 11 is 3.38. The third kappa shape index (κ3) is 2.35. The first-order valence-corrected chi connectivity index (χ1v) is 7.80. The molecule has 0 saturated carbocycles. The van der Waals surface area contributed by atoms with Crippen molar-refractivity contribution in [1.82, 2.24) is 9.47 Å². The molecule has 1 aliphatic rings. The molecule has 1 aromatic heterocycles. The molecule has 21 heavy (non-hydrogen) atoms. The maximum Gasteiger partial charge on any atom is 0.254 e. The van der Waals surface area contributed by atoms with Crippen molar-refractivity contribution in [2.24, 2.45) is 0 Å². The SMILES string of the molecule is Cc1ccc2n1CCN(C(=O)c1ccc(N)c(Br)c1)C2C. The Balaban J connectivity index is 1.91. The first-order valence-electron chi connectivity index (χ1n) is 7.01. The summed E-state index contributed by atoms with van der Waals surface area (Å²) in [5, 5.41) is 0. The molecule has 110 valence electrons. The summed E-state index contributed by atoms with van der Waals surface area (Å²) in [4.78, 5) is 14.7. The van der Waals surface area contributed by atoms with Gasteiger partial charge in [0.1, 0.15) is 0 Å². The lowest BCUT2D eigenvalue weighted by molar-refractivity contribution is 0.0643. The van der Waals surface area contributed by atoms with Gasteiger partial charge in [0.2, 0.25) is 0 Å². The number of nitrogens with two attached hydrogens (primary N) is 1.